The van der Waals surface area contributed by atoms with Gasteiger partial charge in [-0.05, 0) is 206 Å². The highest BCUT2D eigenvalue weighted by Gasteiger charge is 2.48. The maximum absolute atomic E-state index is 14.1. The van der Waals surface area contributed by atoms with E-state index >= 15 is 0 Å². The van der Waals surface area contributed by atoms with Gasteiger partial charge in [0.15, 0.2) is 11.5 Å². The standard InChI is InChI=1S/C66H70Cl3I5N4O13S2/c1-37-60(81)46(72)34-40-54(41-35-47(73)61(82)59(74)63(41)91-62(37)40)56-55(43(67)36-44(68)58(56)69)64(83)90-29-17-10-14-22-53(80)76-27-26-75-52(79)21-13-9-16-28-78-48-24-23-39(93(87,88)89)33-42(48)66(4,25-15-18-30-92(84,85)86)51(78)20-12-8-6-7-11-19-50-65(2,3)57-45(71)31-38(70)32-49(57)77(50)5/h6-8,11-12,19-20,23-24,31-34,36,47,59,63H,9-10,13-18,21-22,25-30,35H2,1-5H3,(H4-,75,76,79,80,81,84,85,86,87,88,89)/p+1. The van der Waals surface area contributed by atoms with Crippen molar-refractivity contribution in [3.8, 4) is 11.5 Å². The highest BCUT2D eigenvalue weighted by molar-refractivity contribution is 14.1. The Kier molecular flexibility index (Phi) is 26.4. The molecule has 1 aliphatic carbocycles. The largest absolute Gasteiger partial charge is 0.506 e. The van der Waals surface area contributed by atoms with E-state index in [4.69, 9.17) is 44.3 Å². The third kappa shape index (κ3) is 17.7. The molecule has 1 saturated carbocycles. The number of nitrogens with one attached hydrogen (secondary N) is 2. The van der Waals surface area contributed by atoms with E-state index in [0.717, 1.165) is 22.7 Å². The number of aromatic hydroxyl groups is 1. The molecule has 27 heteroatoms. The summed E-state index contributed by atoms with van der Waals surface area (Å²) in [5, 5.41) is 16.8. The monoisotopic (exact) mass is 1930 g/mol. The fourth-order valence-electron chi connectivity index (χ4n) is 12.5. The van der Waals surface area contributed by atoms with Crippen molar-refractivity contribution in [3.05, 3.63) is 155 Å². The SMILES string of the molecule is Cc1c(O)c(I)cc2c1OC1C(=C2c2c(Cl)c(Cl)cc(Cl)c2C(=O)OCCCCCC(=O)NCCNC(=O)CCCCCN2\C(=C/C=C/C=C/C=C/C3=[N+](C)c4cc(I)cc(I)c4C3(C)C)C(C)(CCCCS(=O)(=O)O)c3cc(S(=O)(=O)O)ccc32)CC(I)C(=O)C1I. The number of allylic oxidation sites excluding steroid dienone is 8. The number of carbonyl (C=O) groups is 4. The number of anilines is 1. The third-order valence-electron chi connectivity index (χ3n) is 17.1. The number of Topliss-reactive ketones (excluding diaryl/α,β-unsaturated/α-hetero) is 1. The van der Waals surface area contributed by atoms with Crippen LogP contribution in [0.4, 0.5) is 11.4 Å². The van der Waals surface area contributed by atoms with Crippen molar-refractivity contribution in [2.75, 3.05) is 43.9 Å². The topological polar surface area (TPSA) is 246 Å². The molecule has 4 atom stereocenters. The molecular formula is C66H71Cl3I5N4O13S2+. The summed E-state index contributed by atoms with van der Waals surface area (Å²) in [6, 6.07) is 12.0. The van der Waals surface area contributed by atoms with Gasteiger partial charge in [-0.25, -0.2) is 4.79 Å². The first-order valence-electron chi connectivity index (χ1n) is 30.1. The molecule has 0 bridgehead atoms. The molecular weight excluding hydrogens is 1860 g/mol. The number of rotatable bonds is 27. The molecule has 500 valence electrons. The summed E-state index contributed by atoms with van der Waals surface area (Å²) in [4.78, 5) is 55.0. The summed E-state index contributed by atoms with van der Waals surface area (Å²) in [5.74, 6) is -1.16. The van der Waals surface area contributed by atoms with E-state index in [1.165, 1.54) is 36.6 Å². The fourth-order valence-corrected chi connectivity index (χ4v) is 20.1. The molecule has 5 N–H and O–H groups in total. The number of ketones is 1. The molecule has 4 aliphatic rings. The van der Waals surface area contributed by atoms with E-state index in [0.29, 0.717) is 95.9 Å². The van der Waals surface area contributed by atoms with Crippen LogP contribution in [0, 0.1) is 17.6 Å². The zero-order valence-electron chi connectivity index (χ0n) is 51.5. The molecule has 1 fully saturated rings. The highest BCUT2D eigenvalue weighted by atomic mass is 127. The maximum Gasteiger partial charge on any atom is 0.340 e. The van der Waals surface area contributed by atoms with Gasteiger partial charge in [0, 0.05) is 85.2 Å². The van der Waals surface area contributed by atoms with Crippen molar-refractivity contribution in [1.29, 1.82) is 0 Å². The van der Waals surface area contributed by atoms with E-state index in [1.807, 2.05) is 66.0 Å². The van der Waals surface area contributed by atoms with Gasteiger partial charge in [0.25, 0.3) is 20.2 Å². The molecule has 2 amide bonds. The van der Waals surface area contributed by atoms with Crippen LogP contribution < -0.4 is 20.3 Å². The van der Waals surface area contributed by atoms with Gasteiger partial charge in [0.05, 0.1) is 56.4 Å². The van der Waals surface area contributed by atoms with Crippen LogP contribution in [-0.4, -0.2) is 118 Å². The van der Waals surface area contributed by atoms with E-state index in [-0.39, 0.29) is 103 Å². The quantitative estimate of drug-likeness (QED) is 0.00545. The molecule has 0 aromatic heterocycles. The van der Waals surface area contributed by atoms with Crippen molar-refractivity contribution in [3.63, 3.8) is 0 Å². The number of esters is 1. The molecule has 0 radical (unpaired) electrons. The lowest BCUT2D eigenvalue weighted by molar-refractivity contribution is -0.401. The third-order valence-corrected chi connectivity index (χ3v) is 24.5. The summed E-state index contributed by atoms with van der Waals surface area (Å²) < 4.78 is 84.5. The number of nitrogens with zero attached hydrogens (tertiary/aromatic N) is 2. The van der Waals surface area contributed by atoms with Gasteiger partial charge in [0.1, 0.15) is 28.6 Å². The van der Waals surface area contributed by atoms with Gasteiger partial charge >= 0.3 is 5.97 Å². The van der Waals surface area contributed by atoms with Crippen LogP contribution in [0.2, 0.25) is 15.1 Å². The summed E-state index contributed by atoms with van der Waals surface area (Å²) in [6.07, 6.45) is 18.1. The first kappa shape index (κ1) is 75.8. The van der Waals surface area contributed by atoms with Crippen LogP contribution in [-0.2, 0) is 50.2 Å². The Morgan fingerprint density at radius 2 is 1.48 bits per heavy atom. The second-order valence-electron chi connectivity index (χ2n) is 23.9. The molecule has 3 heterocycles. The Hall–Kier alpha value is -2.93. The number of unbranched alkanes of at least 4 members (excludes halogenated alkanes) is 5. The average molecular weight is 1930 g/mol. The van der Waals surface area contributed by atoms with Crippen LogP contribution in [0.3, 0.4) is 0 Å². The van der Waals surface area contributed by atoms with Gasteiger partial charge < -0.3 is 30.1 Å². The number of hydrogen-bond donors (Lipinski definition) is 5. The Balaban J connectivity index is 0.815. The van der Waals surface area contributed by atoms with Gasteiger partial charge in [-0.2, -0.15) is 21.4 Å². The van der Waals surface area contributed by atoms with Crippen molar-refractivity contribution < 1.29 is 64.3 Å². The predicted molar refractivity (Wildman–Crippen MR) is 408 cm³/mol. The smallest absolute Gasteiger partial charge is 0.340 e. The first-order chi connectivity index (χ1) is 43.8. The zero-order chi connectivity index (χ0) is 68.1. The van der Waals surface area contributed by atoms with Crippen molar-refractivity contribution in [1.82, 2.24) is 10.6 Å². The van der Waals surface area contributed by atoms with Gasteiger partial charge in [0.2, 0.25) is 17.5 Å². The molecule has 3 aliphatic heterocycles. The maximum atomic E-state index is 14.1. The van der Waals surface area contributed by atoms with Crippen LogP contribution in [0.5, 0.6) is 11.5 Å². The normalized spacial score (nSPS) is 19.8. The molecule has 93 heavy (non-hydrogen) atoms. The van der Waals surface area contributed by atoms with Gasteiger partial charge in [-0.15, -0.1) is 0 Å². The number of hydrogen-bond acceptors (Lipinski definition) is 12. The minimum Gasteiger partial charge on any atom is -0.506 e. The van der Waals surface area contributed by atoms with Crippen molar-refractivity contribution in [2.24, 2.45) is 0 Å². The lowest BCUT2D eigenvalue weighted by Crippen LogP contribution is -2.46. The molecule has 4 aromatic carbocycles. The number of amides is 2. The number of fused-ring (bicyclic) bond motifs is 4. The summed E-state index contributed by atoms with van der Waals surface area (Å²) in [5.41, 5.74) is 7.36. The Bertz CT molecular complexity index is 4080. The summed E-state index contributed by atoms with van der Waals surface area (Å²) >= 11 is 31.5. The molecule has 0 spiro atoms. The number of carbonyl (C=O) groups excluding carboxylic acids is 4. The molecule has 8 rings (SSSR count). The van der Waals surface area contributed by atoms with E-state index < -0.39 is 47.4 Å². The summed E-state index contributed by atoms with van der Waals surface area (Å²) in [7, 11) is -6.71. The van der Waals surface area contributed by atoms with E-state index in [2.05, 4.69) is 150 Å². The number of alkyl halides is 2. The number of phenols is 1. The lowest BCUT2D eigenvalue weighted by atomic mass is 9.77. The Morgan fingerprint density at radius 1 is 0.828 bits per heavy atom. The van der Waals surface area contributed by atoms with Crippen molar-refractivity contribution in [2.45, 2.75) is 134 Å². The van der Waals surface area contributed by atoms with E-state index in [1.54, 1.807) is 19.1 Å². The number of halogens is 8. The molecule has 0 saturated heterocycles. The van der Waals surface area contributed by atoms with Gasteiger partial charge in [-0.3, -0.25) is 23.5 Å². The molecule has 4 unspecified atom stereocenters. The van der Waals surface area contributed by atoms with Crippen molar-refractivity contribution >= 4 is 214 Å². The van der Waals surface area contributed by atoms with Crippen LogP contribution in [0.15, 0.2) is 101 Å². The van der Waals surface area contributed by atoms with Crippen LogP contribution in [0.25, 0.3) is 5.57 Å². The minimum atomic E-state index is -4.58. The predicted octanol–water partition coefficient (Wildman–Crippen LogP) is 15.5. The van der Waals surface area contributed by atoms with Crippen LogP contribution >= 0.6 is 148 Å². The van der Waals surface area contributed by atoms with E-state index in [9.17, 15) is 50.2 Å². The molecule has 17 nitrogen and oxygen atoms in total. The second-order valence-corrected chi connectivity index (χ2v) is 34.5. The Morgan fingerprint density at radius 3 is 2.15 bits per heavy atom. The lowest BCUT2D eigenvalue weighted by Gasteiger charge is -2.39. The zero-order valence-corrected chi connectivity index (χ0v) is 66.2. The number of ether oxygens (including phenoxy) is 2. The average Bonchev–Trinajstić information content (AvgIpc) is 1.64. The summed E-state index contributed by atoms with van der Waals surface area (Å²) in [6.45, 7) is 9.08. The minimum absolute atomic E-state index is 0.00124. The fraction of sp³-hybridized carbons (Fsp3) is 0.409. The Labute approximate surface area is 627 Å². The first-order valence-corrected chi connectivity index (χ1v) is 40.0. The highest BCUT2D eigenvalue weighted by Crippen LogP contribution is 2.55. The second kappa shape index (κ2) is 32.4. The number of phenolic OH excluding ortho intramolecular Hbond substituents is 1. The van der Waals surface area contributed by atoms with Crippen LogP contribution in [0.1, 0.15) is 136 Å². The number of benzene rings is 4. The van der Waals surface area contributed by atoms with Gasteiger partial charge in [-0.1, -0.05) is 123 Å². The molecule has 4 aromatic rings.